The summed E-state index contributed by atoms with van der Waals surface area (Å²) in [5.74, 6) is -0.614. The maximum absolute atomic E-state index is 12.4. The first-order chi connectivity index (χ1) is 13.5. The summed E-state index contributed by atoms with van der Waals surface area (Å²) in [5, 5.41) is 3.12. The lowest BCUT2D eigenvalue weighted by Gasteiger charge is -2.22. The molecule has 28 heavy (non-hydrogen) atoms. The van der Waals surface area contributed by atoms with Crippen molar-refractivity contribution < 1.29 is 19.1 Å². The summed E-state index contributed by atoms with van der Waals surface area (Å²) in [6.45, 7) is 1.28. The number of benzene rings is 1. The number of aryl methyl sites for hydroxylation is 1. The van der Waals surface area contributed by atoms with Gasteiger partial charge < -0.3 is 14.8 Å². The van der Waals surface area contributed by atoms with Gasteiger partial charge >= 0.3 is 5.97 Å². The minimum atomic E-state index is -0.412. The molecule has 3 rings (SSSR count). The second-order valence-corrected chi connectivity index (χ2v) is 7.25. The molecule has 1 N–H and O–H groups in total. The lowest BCUT2D eigenvalue weighted by molar-refractivity contribution is -0.153. The molecule has 0 spiro atoms. The lowest BCUT2D eigenvalue weighted by atomic mass is 10.1. The van der Waals surface area contributed by atoms with E-state index in [1.165, 1.54) is 12.4 Å². The minimum absolute atomic E-state index is 0.0364. The molecule has 1 aliphatic heterocycles. The first-order valence-electron chi connectivity index (χ1n) is 8.99. The molecule has 0 saturated carbocycles. The fourth-order valence-corrected chi connectivity index (χ4v) is 3.40. The summed E-state index contributed by atoms with van der Waals surface area (Å²) >= 11 is 12.0. The Morgan fingerprint density at radius 1 is 1.11 bits per heavy atom. The normalized spacial score (nSPS) is 14.5. The molecule has 0 unspecified atom stereocenters. The molecule has 1 saturated heterocycles. The fraction of sp³-hybridized carbons (Fsp3) is 0.350. The van der Waals surface area contributed by atoms with Crippen LogP contribution in [0.15, 0.2) is 36.7 Å². The molecule has 2 aromatic rings. The van der Waals surface area contributed by atoms with Crippen LogP contribution in [0.25, 0.3) is 0 Å². The largest absolute Gasteiger partial charge is 0.462 e. The molecule has 0 atom stereocenters. The van der Waals surface area contributed by atoms with Crippen LogP contribution in [0.3, 0.4) is 0 Å². The summed E-state index contributed by atoms with van der Waals surface area (Å²) in [5.41, 5.74) is 1.75. The number of nitrogens with zero attached hydrogens (tertiary/aromatic N) is 1. The highest BCUT2D eigenvalue weighted by atomic mass is 35.5. The Kier molecular flexibility index (Phi) is 7.25. The SMILES string of the molecule is O=C(CCc1ccc(NC(=O)c2c(Cl)cncc2Cl)cc1)OC1CCOCC1. The van der Waals surface area contributed by atoms with Crippen LogP contribution in [0, 0.1) is 0 Å². The van der Waals surface area contributed by atoms with E-state index in [1.807, 2.05) is 12.1 Å². The van der Waals surface area contributed by atoms with Crippen molar-refractivity contribution in [3.8, 4) is 0 Å². The van der Waals surface area contributed by atoms with E-state index in [0.29, 0.717) is 31.7 Å². The number of hydrogen-bond acceptors (Lipinski definition) is 5. The molecule has 8 heteroatoms. The van der Waals surface area contributed by atoms with Crippen molar-refractivity contribution in [1.82, 2.24) is 4.98 Å². The molecular weight excluding hydrogens is 403 g/mol. The van der Waals surface area contributed by atoms with Crippen molar-refractivity contribution in [3.05, 3.63) is 57.8 Å². The Bertz CT molecular complexity index is 816. The fourth-order valence-electron chi connectivity index (χ4n) is 2.86. The Balaban J connectivity index is 1.50. The number of ether oxygens (including phenoxy) is 2. The number of nitrogens with one attached hydrogen (secondary N) is 1. The van der Waals surface area contributed by atoms with Crippen LogP contribution in [-0.4, -0.2) is 36.2 Å². The molecule has 0 bridgehead atoms. The molecular formula is C20H20Cl2N2O4. The van der Waals surface area contributed by atoms with Crippen molar-refractivity contribution >= 4 is 40.8 Å². The maximum atomic E-state index is 12.4. The Morgan fingerprint density at radius 2 is 1.75 bits per heavy atom. The van der Waals surface area contributed by atoms with Gasteiger partial charge in [0.2, 0.25) is 0 Å². The average Bonchev–Trinajstić information content (AvgIpc) is 2.68. The Labute approximate surface area is 173 Å². The monoisotopic (exact) mass is 422 g/mol. The van der Waals surface area contributed by atoms with Gasteiger partial charge in [-0.3, -0.25) is 14.6 Å². The second-order valence-electron chi connectivity index (χ2n) is 6.43. The van der Waals surface area contributed by atoms with E-state index in [1.54, 1.807) is 12.1 Å². The summed E-state index contributed by atoms with van der Waals surface area (Å²) in [4.78, 5) is 28.2. The van der Waals surface area contributed by atoms with Crippen molar-refractivity contribution in [2.24, 2.45) is 0 Å². The summed E-state index contributed by atoms with van der Waals surface area (Å²) in [6.07, 6.45) is 5.09. The molecule has 1 amide bonds. The maximum Gasteiger partial charge on any atom is 0.306 e. The smallest absolute Gasteiger partial charge is 0.306 e. The van der Waals surface area contributed by atoms with Gasteiger partial charge in [-0.15, -0.1) is 0 Å². The average molecular weight is 423 g/mol. The third kappa shape index (κ3) is 5.67. The third-order valence-electron chi connectivity index (χ3n) is 4.38. The van der Waals surface area contributed by atoms with Gasteiger partial charge in [0, 0.05) is 37.3 Å². The second kappa shape index (κ2) is 9.87. The number of esters is 1. The highest BCUT2D eigenvalue weighted by molar-refractivity contribution is 6.40. The van der Waals surface area contributed by atoms with Crippen LogP contribution in [0.1, 0.15) is 35.2 Å². The quantitative estimate of drug-likeness (QED) is 0.702. The first-order valence-corrected chi connectivity index (χ1v) is 9.75. The van der Waals surface area contributed by atoms with Crippen molar-refractivity contribution in [2.75, 3.05) is 18.5 Å². The van der Waals surface area contributed by atoms with Crippen LogP contribution in [-0.2, 0) is 20.7 Å². The standard InChI is InChI=1S/C20H20Cl2N2O4/c21-16-11-23-12-17(22)19(16)20(26)24-14-4-1-13(2-5-14)3-6-18(25)28-15-7-9-27-10-8-15/h1-2,4-5,11-12,15H,3,6-10H2,(H,24,26). The number of amides is 1. The summed E-state index contributed by atoms with van der Waals surface area (Å²) in [7, 11) is 0. The molecule has 1 aromatic heterocycles. The zero-order chi connectivity index (χ0) is 19.9. The van der Waals surface area contributed by atoms with E-state index in [9.17, 15) is 9.59 Å². The van der Waals surface area contributed by atoms with Gasteiger partial charge in [-0.25, -0.2) is 0 Å². The predicted molar refractivity (Wildman–Crippen MR) is 107 cm³/mol. The van der Waals surface area contributed by atoms with E-state index in [-0.39, 0.29) is 27.7 Å². The van der Waals surface area contributed by atoms with E-state index in [2.05, 4.69) is 10.3 Å². The number of carbonyl (C=O) groups excluding carboxylic acids is 2. The summed E-state index contributed by atoms with van der Waals surface area (Å²) < 4.78 is 10.7. The molecule has 148 valence electrons. The van der Waals surface area contributed by atoms with Gasteiger partial charge in [0.15, 0.2) is 0 Å². The minimum Gasteiger partial charge on any atom is -0.462 e. The summed E-state index contributed by atoms with van der Waals surface area (Å²) in [6, 6.07) is 7.24. The van der Waals surface area contributed by atoms with Gasteiger partial charge in [0.05, 0.1) is 28.8 Å². The van der Waals surface area contributed by atoms with Gasteiger partial charge in [-0.1, -0.05) is 35.3 Å². The number of halogens is 2. The lowest BCUT2D eigenvalue weighted by Crippen LogP contribution is -2.26. The van der Waals surface area contributed by atoms with Crippen molar-refractivity contribution in [3.63, 3.8) is 0 Å². The van der Waals surface area contributed by atoms with Crippen LogP contribution in [0.2, 0.25) is 10.0 Å². The molecule has 0 radical (unpaired) electrons. The first kappa shape index (κ1) is 20.6. The zero-order valence-electron chi connectivity index (χ0n) is 15.1. The number of pyridine rings is 1. The topological polar surface area (TPSA) is 77.5 Å². The van der Waals surface area contributed by atoms with E-state index >= 15 is 0 Å². The van der Waals surface area contributed by atoms with Crippen LogP contribution in [0.4, 0.5) is 5.69 Å². The van der Waals surface area contributed by atoms with Crippen LogP contribution >= 0.6 is 23.2 Å². The number of anilines is 1. The number of rotatable bonds is 6. The Hall–Kier alpha value is -2.15. The van der Waals surface area contributed by atoms with Crippen LogP contribution < -0.4 is 5.32 Å². The molecule has 0 aliphatic carbocycles. The number of carbonyl (C=O) groups is 2. The van der Waals surface area contributed by atoms with E-state index in [0.717, 1.165) is 18.4 Å². The molecule has 1 fully saturated rings. The van der Waals surface area contributed by atoms with Gasteiger partial charge in [-0.05, 0) is 24.1 Å². The molecule has 1 aliphatic rings. The van der Waals surface area contributed by atoms with Crippen LogP contribution in [0.5, 0.6) is 0 Å². The van der Waals surface area contributed by atoms with Gasteiger partial charge in [0.1, 0.15) is 6.10 Å². The predicted octanol–water partition coefficient (Wildman–Crippen LogP) is 4.30. The molecule has 2 heterocycles. The highest BCUT2D eigenvalue weighted by Crippen LogP contribution is 2.24. The Morgan fingerprint density at radius 3 is 2.39 bits per heavy atom. The number of aromatic nitrogens is 1. The number of hydrogen-bond donors (Lipinski definition) is 1. The highest BCUT2D eigenvalue weighted by Gasteiger charge is 2.18. The molecule has 1 aromatic carbocycles. The van der Waals surface area contributed by atoms with E-state index < -0.39 is 5.91 Å². The van der Waals surface area contributed by atoms with E-state index in [4.69, 9.17) is 32.7 Å². The zero-order valence-corrected chi connectivity index (χ0v) is 16.6. The van der Waals surface area contributed by atoms with Gasteiger partial charge in [-0.2, -0.15) is 0 Å². The van der Waals surface area contributed by atoms with Gasteiger partial charge in [0.25, 0.3) is 5.91 Å². The molecule has 6 nitrogen and oxygen atoms in total. The van der Waals surface area contributed by atoms with Crippen molar-refractivity contribution in [1.29, 1.82) is 0 Å². The third-order valence-corrected chi connectivity index (χ3v) is 4.95. The van der Waals surface area contributed by atoms with Crippen molar-refractivity contribution in [2.45, 2.75) is 31.8 Å².